The van der Waals surface area contributed by atoms with Crippen LogP contribution in [0.2, 0.25) is 0 Å². The third-order valence-electron chi connectivity index (χ3n) is 5.72. The molecule has 0 bridgehead atoms. The van der Waals surface area contributed by atoms with Crippen LogP contribution in [0, 0.1) is 10.1 Å². The molecule has 1 fully saturated rings. The van der Waals surface area contributed by atoms with Gasteiger partial charge in [-0.3, -0.25) is 15.0 Å². The second-order valence-corrected chi connectivity index (χ2v) is 7.84. The summed E-state index contributed by atoms with van der Waals surface area (Å²) in [6, 6.07) is 21.8. The number of likely N-dealkylation sites (tertiary alicyclic amines) is 1. The first kappa shape index (κ1) is 20.9. The van der Waals surface area contributed by atoms with E-state index in [1.165, 1.54) is 24.6 Å². The number of nitro benzene ring substituents is 1. The van der Waals surface area contributed by atoms with Gasteiger partial charge >= 0.3 is 0 Å². The van der Waals surface area contributed by atoms with Crippen molar-refractivity contribution in [2.45, 2.75) is 31.9 Å². The molecule has 3 aromatic rings. The molecule has 0 aliphatic carbocycles. The number of phenolic OH excluding ortho intramolecular Hbond substituents is 1. The van der Waals surface area contributed by atoms with E-state index in [1.54, 1.807) is 0 Å². The Morgan fingerprint density at radius 2 is 1.68 bits per heavy atom. The van der Waals surface area contributed by atoms with E-state index in [4.69, 9.17) is 4.74 Å². The van der Waals surface area contributed by atoms with Crippen LogP contribution >= 0.6 is 0 Å². The molecule has 0 aromatic heterocycles. The molecular formula is C25H26N2O4. The molecule has 1 saturated heterocycles. The van der Waals surface area contributed by atoms with Gasteiger partial charge in [0, 0.05) is 17.7 Å². The summed E-state index contributed by atoms with van der Waals surface area (Å²) in [7, 11) is 0. The third kappa shape index (κ3) is 5.03. The van der Waals surface area contributed by atoms with Gasteiger partial charge in [-0.25, -0.2) is 0 Å². The second-order valence-electron chi connectivity index (χ2n) is 7.84. The average Bonchev–Trinajstić information content (AvgIpc) is 2.81. The number of piperidine rings is 1. The standard InChI is InChI=1S/C25H26N2O4/c28-24-14-11-21(27(29)30)17-23(24)25(26-15-5-2-6-16-26)20-9-12-22(13-10-20)31-18-19-7-3-1-4-8-19/h1,3-4,7-14,17,25,28H,2,5-6,15-16,18H2/t25-/m1/s1. The molecule has 1 heterocycles. The van der Waals surface area contributed by atoms with Gasteiger partial charge < -0.3 is 9.84 Å². The molecule has 6 nitrogen and oxygen atoms in total. The lowest BCUT2D eigenvalue weighted by Gasteiger charge is -2.35. The van der Waals surface area contributed by atoms with E-state index < -0.39 is 4.92 Å². The molecule has 0 radical (unpaired) electrons. The SMILES string of the molecule is O=[N+]([O-])c1ccc(O)c([C@@H](c2ccc(OCc3ccccc3)cc2)N2CCCCC2)c1. The molecule has 4 rings (SSSR count). The maximum atomic E-state index is 11.3. The lowest BCUT2D eigenvalue weighted by atomic mass is 9.93. The van der Waals surface area contributed by atoms with Crippen LogP contribution in [0.3, 0.4) is 0 Å². The molecule has 3 aromatic carbocycles. The first-order chi connectivity index (χ1) is 15.1. The summed E-state index contributed by atoms with van der Waals surface area (Å²) in [5.74, 6) is 0.832. The van der Waals surface area contributed by atoms with Crippen LogP contribution in [-0.2, 0) is 6.61 Å². The van der Waals surface area contributed by atoms with Crippen LogP contribution < -0.4 is 4.74 Å². The number of ether oxygens (including phenoxy) is 1. The monoisotopic (exact) mass is 418 g/mol. The van der Waals surface area contributed by atoms with Crippen molar-refractivity contribution in [3.05, 3.63) is 99.6 Å². The number of aromatic hydroxyl groups is 1. The molecule has 0 amide bonds. The number of hydrogen-bond acceptors (Lipinski definition) is 5. The maximum absolute atomic E-state index is 11.3. The lowest BCUT2D eigenvalue weighted by Crippen LogP contribution is -2.34. The second kappa shape index (κ2) is 9.62. The first-order valence-corrected chi connectivity index (χ1v) is 10.6. The summed E-state index contributed by atoms with van der Waals surface area (Å²) in [6.07, 6.45) is 3.32. The Hall–Kier alpha value is -3.38. The normalized spacial score (nSPS) is 15.4. The van der Waals surface area contributed by atoms with Gasteiger partial charge in [0.2, 0.25) is 0 Å². The fourth-order valence-corrected chi connectivity index (χ4v) is 4.13. The van der Waals surface area contributed by atoms with E-state index in [1.807, 2.05) is 54.6 Å². The van der Waals surface area contributed by atoms with Crippen molar-refractivity contribution in [3.63, 3.8) is 0 Å². The summed E-state index contributed by atoms with van der Waals surface area (Å²) in [5, 5.41) is 21.9. The Kier molecular flexibility index (Phi) is 6.48. The predicted molar refractivity (Wildman–Crippen MR) is 119 cm³/mol. The van der Waals surface area contributed by atoms with Crippen molar-refractivity contribution in [1.29, 1.82) is 0 Å². The van der Waals surface area contributed by atoms with Gasteiger partial charge in [-0.05, 0) is 55.3 Å². The Morgan fingerprint density at radius 1 is 0.968 bits per heavy atom. The molecule has 0 spiro atoms. The molecule has 1 aliphatic heterocycles. The topological polar surface area (TPSA) is 75.8 Å². The van der Waals surface area contributed by atoms with Gasteiger partial charge in [-0.2, -0.15) is 0 Å². The molecule has 1 aliphatic rings. The number of hydrogen-bond donors (Lipinski definition) is 1. The lowest BCUT2D eigenvalue weighted by molar-refractivity contribution is -0.385. The van der Waals surface area contributed by atoms with Crippen molar-refractivity contribution in [2.24, 2.45) is 0 Å². The summed E-state index contributed by atoms with van der Waals surface area (Å²) >= 11 is 0. The highest BCUT2D eigenvalue weighted by Crippen LogP contribution is 2.38. The molecule has 0 saturated carbocycles. The van der Waals surface area contributed by atoms with E-state index >= 15 is 0 Å². The van der Waals surface area contributed by atoms with E-state index in [0.29, 0.717) is 12.2 Å². The molecule has 1 atom stereocenters. The van der Waals surface area contributed by atoms with Crippen LogP contribution in [0.15, 0.2) is 72.8 Å². The zero-order valence-corrected chi connectivity index (χ0v) is 17.3. The van der Waals surface area contributed by atoms with Gasteiger partial charge in [-0.1, -0.05) is 48.9 Å². The minimum Gasteiger partial charge on any atom is -0.508 e. The molecular weight excluding hydrogens is 392 g/mol. The number of non-ortho nitro benzene ring substituents is 1. The van der Waals surface area contributed by atoms with Crippen LogP contribution in [-0.4, -0.2) is 28.0 Å². The van der Waals surface area contributed by atoms with Crippen LogP contribution in [0.4, 0.5) is 5.69 Å². The predicted octanol–water partition coefficient (Wildman–Crippen LogP) is 5.45. The molecule has 31 heavy (non-hydrogen) atoms. The number of benzene rings is 3. The summed E-state index contributed by atoms with van der Waals surface area (Å²) in [6.45, 7) is 2.26. The van der Waals surface area contributed by atoms with Gasteiger partial charge in [0.15, 0.2) is 0 Å². The zero-order chi connectivity index (χ0) is 21.6. The Balaban J connectivity index is 1.61. The molecule has 0 unspecified atom stereocenters. The van der Waals surface area contributed by atoms with Crippen LogP contribution in [0.25, 0.3) is 0 Å². The number of nitro groups is 1. The highest BCUT2D eigenvalue weighted by Gasteiger charge is 2.27. The van der Waals surface area contributed by atoms with E-state index in [-0.39, 0.29) is 17.5 Å². The van der Waals surface area contributed by atoms with Crippen molar-refractivity contribution in [2.75, 3.05) is 13.1 Å². The number of nitrogens with zero attached hydrogens (tertiary/aromatic N) is 2. The maximum Gasteiger partial charge on any atom is 0.270 e. The fourth-order valence-electron chi connectivity index (χ4n) is 4.13. The summed E-state index contributed by atoms with van der Waals surface area (Å²) in [5.41, 5.74) is 2.62. The van der Waals surface area contributed by atoms with Crippen molar-refractivity contribution in [3.8, 4) is 11.5 Å². The zero-order valence-electron chi connectivity index (χ0n) is 17.3. The number of rotatable bonds is 7. The van der Waals surface area contributed by atoms with Crippen molar-refractivity contribution < 1.29 is 14.8 Å². The Bertz CT molecular complexity index is 1020. The van der Waals surface area contributed by atoms with Gasteiger partial charge in [-0.15, -0.1) is 0 Å². The highest BCUT2D eigenvalue weighted by atomic mass is 16.6. The van der Waals surface area contributed by atoms with Crippen LogP contribution in [0.1, 0.15) is 42.0 Å². The summed E-state index contributed by atoms with van der Waals surface area (Å²) < 4.78 is 5.90. The van der Waals surface area contributed by atoms with Crippen LogP contribution in [0.5, 0.6) is 11.5 Å². The van der Waals surface area contributed by atoms with E-state index in [0.717, 1.165) is 42.8 Å². The molecule has 6 heteroatoms. The third-order valence-corrected chi connectivity index (χ3v) is 5.72. The molecule has 160 valence electrons. The average molecular weight is 418 g/mol. The minimum atomic E-state index is -0.420. The Labute approximate surface area is 181 Å². The quantitative estimate of drug-likeness (QED) is 0.408. The van der Waals surface area contributed by atoms with Crippen molar-refractivity contribution >= 4 is 5.69 Å². The van der Waals surface area contributed by atoms with Gasteiger partial charge in [0.05, 0.1) is 11.0 Å². The number of phenols is 1. The first-order valence-electron chi connectivity index (χ1n) is 10.6. The van der Waals surface area contributed by atoms with Crippen molar-refractivity contribution in [1.82, 2.24) is 4.90 Å². The van der Waals surface area contributed by atoms with E-state index in [9.17, 15) is 15.2 Å². The fraction of sp³-hybridized carbons (Fsp3) is 0.280. The smallest absolute Gasteiger partial charge is 0.270 e. The largest absolute Gasteiger partial charge is 0.508 e. The highest BCUT2D eigenvalue weighted by molar-refractivity contribution is 5.48. The minimum absolute atomic E-state index is 0.0161. The molecule has 1 N–H and O–H groups in total. The Morgan fingerprint density at radius 3 is 2.35 bits per heavy atom. The van der Waals surface area contributed by atoms with E-state index in [2.05, 4.69) is 4.90 Å². The van der Waals surface area contributed by atoms with Gasteiger partial charge in [0.1, 0.15) is 18.1 Å². The van der Waals surface area contributed by atoms with Gasteiger partial charge in [0.25, 0.3) is 5.69 Å². The summed E-state index contributed by atoms with van der Waals surface area (Å²) in [4.78, 5) is 13.2.